The topological polar surface area (TPSA) is 49.4 Å². The molecule has 1 heterocycles. The fourth-order valence-electron chi connectivity index (χ4n) is 4.38. The summed E-state index contributed by atoms with van der Waals surface area (Å²) >= 11 is 0. The van der Waals surface area contributed by atoms with Gasteiger partial charge in [0.1, 0.15) is 5.54 Å². The van der Waals surface area contributed by atoms with Gasteiger partial charge in [-0.3, -0.25) is 9.59 Å². The van der Waals surface area contributed by atoms with E-state index in [0.29, 0.717) is 0 Å². The van der Waals surface area contributed by atoms with Crippen LogP contribution in [0, 0.1) is 5.41 Å². The van der Waals surface area contributed by atoms with Crippen LogP contribution in [0.4, 0.5) is 0 Å². The average Bonchev–Trinajstić information content (AvgIpc) is 2.85. The van der Waals surface area contributed by atoms with E-state index in [1.54, 1.807) is 0 Å². The molecule has 3 fully saturated rings. The molecular formula is C16H26N2O2. The van der Waals surface area contributed by atoms with E-state index < -0.39 is 5.54 Å². The summed E-state index contributed by atoms with van der Waals surface area (Å²) in [6.45, 7) is 3.31. The second-order valence-corrected chi connectivity index (χ2v) is 7.37. The molecule has 3 aliphatic rings. The van der Waals surface area contributed by atoms with E-state index in [4.69, 9.17) is 0 Å². The largest absolute Gasteiger partial charge is 0.340 e. The smallest absolute Gasteiger partial charge is 0.248 e. The number of amides is 2. The van der Waals surface area contributed by atoms with E-state index in [9.17, 15) is 9.59 Å². The summed E-state index contributed by atoms with van der Waals surface area (Å²) in [5.74, 6) is 0.215. The van der Waals surface area contributed by atoms with E-state index in [1.165, 1.54) is 32.1 Å². The van der Waals surface area contributed by atoms with Crippen LogP contribution in [0.5, 0.6) is 0 Å². The van der Waals surface area contributed by atoms with Crippen molar-refractivity contribution in [1.29, 1.82) is 0 Å². The molecule has 0 atom stereocenters. The highest BCUT2D eigenvalue weighted by atomic mass is 16.2. The average molecular weight is 278 g/mol. The Hall–Kier alpha value is -1.06. The highest BCUT2D eigenvalue weighted by Crippen LogP contribution is 2.39. The van der Waals surface area contributed by atoms with Gasteiger partial charge in [0.15, 0.2) is 0 Å². The molecule has 0 aromatic rings. The van der Waals surface area contributed by atoms with Crippen molar-refractivity contribution in [2.45, 2.75) is 70.3 Å². The lowest BCUT2D eigenvalue weighted by molar-refractivity contribution is -0.151. The van der Waals surface area contributed by atoms with Crippen LogP contribution in [0.2, 0.25) is 0 Å². The molecule has 20 heavy (non-hydrogen) atoms. The first-order valence-corrected chi connectivity index (χ1v) is 8.14. The van der Waals surface area contributed by atoms with Gasteiger partial charge in [0.2, 0.25) is 11.8 Å². The van der Waals surface area contributed by atoms with Gasteiger partial charge >= 0.3 is 0 Å². The van der Waals surface area contributed by atoms with Gasteiger partial charge in [-0.1, -0.05) is 39.0 Å². The van der Waals surface area contributed by atoms with Gasteiger partial charge in [0.05, 0.1) is 6.54 Å². The van der Waals surface area contributed by atoms with E-state index in [-0.39, 0.29) is 23.8 Å². The Labute approximate surface area is 121 Å². The molecule has 2 saturated carbocycles. The predicted molar refractivity (Wildman–Crippen MR) is 77.1 cm³/mol. The second kappa shape index (κ2) is 5.05. The van der Waals surface area contributed by atoms with E-state index in [2.05, 4.69) is 12.2 Å². The zero-order valence-electron chi connectivity index (χ0n) is 12.5. The normalized spacial score (nSPS) is 28.8. The summed E-state index contributed by atoms with van der Waals surface area (Å²) in [7, 11) is 0. The maximum Gasteiger partial charge on any atom is 0.248 e. The third kappa shape index (κ3) is 2.45. The Balaban J connectivity index is 1.74. The molecule has 1 aliphatic heterocycles. The summed E-state index contributed by atoms with van der Waals surface area (Å²) in [5, 5.41) is 2.99. The summed E-state index contributed by atoms with van der Waals surface area (Å²) in [6, 6.07) is 0. The second-order valence-electron chi connectivity index (χ2n) is 7.37. The highest BCUT2D eigenvalue weighted by Gasteiger charge is 2.49. The number of carbonyl (C=O) groups is 2. The van der Waals surface area contributed by atoms with Gasteiger partial charge in [-0.15, -0.1) is 0 Å². The molecule has 112 valence electrons. The molecule has 1 saturated heterocycles. The van der Waals surface area contributed by atoms with Crippen LogP contribution in [0.25, 0.3) is 0 Å². The van der Waals surface area contributed by atoms with Crippen LogP contribution in [-0.4, -0.2) is 35.3 Å². The Morgan fingerprint density at radius 3 is 2.25 bits per heavy atom. The Morgan fingerprint density at radius 2 is 1.60 bits per heavy atom. The molecule has 4 nitrogen and oxygen atoms in total. The van der Waals surface area contributed by atoms with Crippen molar-refractivity contribution in [3.05, 3.63) is 0 Å². The van der Waals surface area contributed by atoms with Crippen molar-refractivity contribution in [3.63, 3.8) is 0 Å². The Bertz CT molecular complexity index is 407. The minimum absolute atomic E-state index is 0.0332. The lowest BCUT2D eigenvalue weighted by Crippen LogP contribution is -2.66. The minimum atomic E-state index is -0.555. The number of nitrogens with one attached hydrogen (secondary N) is 1. The van der Waals surface area contributed by atoms with Crippen LogP contribution in [0.1, 0.15) is 64.7 Å². The number of rotatable bonds is 2. The molecule has 0 unspecified atom stereocenters. The Morgan fingerprint density at radius 1 is 1.00 bits per heavy atom. The molecular weight excluding hydrogens is 252 g/mol. The lowest BCUT2D eigenvalue weighted by Gasteiger charge is -2.44. The number of carbonyl (C=O) groups excluding carboxylic acids is 2. The lowest BCUT2D eigenvalue weighted by atomic mass is 9.75. The molecule has 0 aromatic heterocycles. The van der Waals surface area contributed by atoms with Gasteiger partial charge < -0.3 is 10.2 Å². The first-order valence-electron chi connectivity index (χ1n) is 8.14. The molecule has 0 aromatic carbocycles. The van der Waals surface area contributed by atoms with Crippen LogP contribution in [0.3, 0.4) is 0 Å². The standard InChI is InChI=1S/C16H26N2O2/c1-15(7-3-2-4-8-15)12-18-11-13(19)17-16(14(18)20)9-5-6-10-16/h2-12H2,1H3,(H,17,19). The van der Waals surface area contributed by atoms with Crippen LogP contribution >= 0.6 is 0 Å². The van der Waals surface area contributed by atoms with Gasteiger partial charge in [0.25, 0.3) is 0 Å². The number of hydrogen-bond donors (Lipinski definition) is 1. The fraction of sp³-hybridized carbons (Fsp3) is 0.875. The predicted octanol–water partition coefficient (Wildman–Crippen LogP) is 2.23. The van der Waals surface area contributed by atoms with Crippen LogP contribution in [0.15, 0.2) is 0 Å². The van der Waals surface area contributed by atoms with Gasteiger partial charge in [-0.2, -0.15) is 0 Å². The van der Waals surface area contributed by atoms with Crippen molar-refractivity contribution in [2.24, 2.45) is 5.41 Å². The fourth-order valence-corrected chi connectivity index (χ4v) is 4.38. The van der Waals surface area contributed by atoms with Crippen molar-refractivity contribution in [3.8, 4) is 0 Å². The SMILES string of the molecule is CC1(CN2CC(=O)NC3(CCCC3)C2=O)CCCCC1. The van der Waals surface area contributed by atoms with Gasteiger partial charge in [-0.05, 0) is 31.1 Å². The third-order valence-electron chi connectivity index (χ3n) is 5.50. The van der Waals surface area contributed by atoms with E-state index in [1.807, 2.05) is 4.90 Å². The van der Waals surface area contributed by atoms with Crippen molar-refractivity contribution in [2.75, 3.05) is 13.1 Å². The minimum Gasteiger partial charge on any atom is -0.340 e. The molecule has 1 spiro atoms. The van der Waals surface area contributed by atoms with Crippen LogP contribution in [-0.2, 0) is 9.59 Å². The third-order valence-corrected chi connectivity index (χ3v) is 5.50. The van der Waals surface area contributed by atoms with Crippen molar-refractivity contribution >= 4 is 11.8 Å². The summed E-state index contributed by atoms with van der Waals surface area (Å²) in [5.41, 5.74) is -0.342. The molecule has 2 amide bonds. The number of hydrogen-bond acceptors (Lipinski definition) is 2. The maximum absolute atomic E-state index is 12.8. The van der Waals surface area contributed by atoms with E-state index in [0.717, 1.165) is 32.2 Å². The summed E-state index contributed by atoms with van der Waals surface area (Å²) in [4.78, 5) is 26.7. The Kier molecular flexibility index (Phi) is 3.51. The van der Waals surface area contributed by atoms with Crippen molar-refractivity contribution < 1.29 is 9.59 Å². The van der Waals surface area contributed by atoms with Gasteiger partial charge in [0, 0.05) is 6.54 Å². The molecule has 1 N–H and O–H groups in total. The number of nitrogens with zero attached hydrogens (tertiary/aromatic N) is 1. The quantitative estimate of drug-likeness (QED) is 0.842. The maximum atomic E-state index is 12.8. The highest BCUT2D eigenvalue weighted by molar-refractivity contribution is 5.98. The first kappa shape index (κ1) is 13.9. The summed E-state index contributed by atoms with van der Waals surface area (Å²) in [6.07, 6.45) is 9.96. The zero-order valence-corrected chi connectivity index (χ0v) is 12.5. The molecule has 0 radical (unpaired) electrons. The monoisotopic (exact) mass is 278 g/mol. The molecule has 0 bridgehead atoms. The molecule has 3 rings (SSSR count). The molecule has 2 aliphatic carbocycles. The number of piperazine rings is 1. The van der Waals surface area contributed by atoms with E-state index >= 15 is 0 Å². The molecule has 4 heteroatoms. The van der Waals surface area contributed by atoms with Gasteiger partial charge in [-0.25, -0.2) is 0 Å². The van der Waals surface area contributed by atoms with Crippen LogP contribution < -0.4 is 5.32 Å². The van der Waals surface area contributed by atoms with Crippen molar-refractivity contribution in [1.82, 2.24) is 10.2 Å². The first-order chi connectivity index (χ1) is 9.53. The summed E-state index contributed by atoms with van der Waals surface area (Å²) < 4.78 is 0. The zero-order chi connectivity index (χ0) is 14.2.